The second-order valence-corrected chi connectivity index (χ2v) is 3.99. The third-order valence-electron chi connectivity index (χ3n) is 2.73. The molecular formula is C14H15NO4. The molecule has 0 atom stereocenters. The maximum Gasteiger partial charge on any atom is 0.232 e. The highest BCUT2D eigenvalue weighted by Gasteiger charge is 2.35. The number of fused-ring (bicyclic) bond motifs is 1. The quantitative estimate of drug-likeness (QED) is 0.838. The normalized spacial score (nSPS) is 14.4. The molecule has 2 rings (SSSR count). The Morgan fingerprint density at radius 3 is 2.00 bits per heavy atom. The Balaban J connectivity index is 2.58. The number of hydrogen-bond acceptors (Lipinski definition) is 5. The number of Topliss-reactive ketones (excluding diaryl/α,β-unsaturated/α-hetero) is 2. The van der Waals surface area contributed by atoms with Crippen molar-refractivity contribution >= 4 is 17.3 Å². The van der Waals surface area contributed by atoms with Crippen LogP contribution in [0.4, 0.5) is 5.69 Å². The van der Waals surface area contributed by atoms with Gasteiger partial charge in [-0.1, -0.05) is 0 Å². The second-order valence-electron chi connectivity index (χ2n) is 3.99. The first-order valence-corrected chi connectivity index (χ1v) is 6.08. The number of nitrogen functional groups attached to an aromatic ring is 1. The Hall–Kier alpha value is -2.30. The lowest BCUT2D eigenvalue weighted by atomic mass is 9.91. The molecule has 0 amide bonds. The van der Waals surface area contributed by atoms with Gasteiger partial charge in [-0.3, -0.25) is 9.59 Å². The van der Waals surface area contributed by atoms with Gasteiger partial charge in [-0.25, -0.2) is 0 Å². The number of nitrogens with two attached hydrogens (primary N) is 1. The molecule has 1 aliphatic rings. The van der Waals surface area contributed by atoms with Gasteiger partial charge in [0, 0.05) is 16.8 Å². The number of benzene rings is 1. The number of ketones is 2. The van der Waals surface area contributed by atoms with Crippen LogP contribution in [0.25, 0.3) is 0 Å². The van der Waals surface area contributed by atoms with E-state index in [0.29, 0.717) is 11.3 Å². The van der Waals surface area contributed by atoms with Gasteiger partial charge in [0.15, 0.2) is 0 Å². The van der Waals surface area contributed by atoms with Gasteiger partial charge in [-0.05, 0) is 32.0 Å². The summed E-state index contributed by atoms with van der Waals surface area (Å²) in [4.78, 5) is 24.6. The number of anilines is 1. The van der Waals surface area contributed by atoms with E-state index in [4.69, 9.17) is 15.2 Å². The number of ether oxygens (including phenoxy) is 2. The van der Waals surface area contributed by atoms with Crippen LogP contribution in [0.2, 0.25) is 0 Å². The minimum atomic E-state index is -0.368. The molecular weight excluding hydrogens is 246 g/mol. The van der Waals surface area contributed by atoms with Gasteiger partial charge >= 0.3 is 0 Å². The third kappa shape index (κ3) is 2.19. The molecule has 0 spiro atoms. The summed E-state index contributed by atoms with van der Waals surface area (Å²) in [6.45, 7) is 4.05. The van der Waals surface area contributed by atoms with Crippen LogP contribution in [0.1, 0.15) is 34.6 Å². The smallest absolute Gasteiger partial charge is 0.232 e. The molecule has 5 heteroatoms. The van der Waals surface area contributed by atoms with Crippen molar-refractivity contribution in [3.05, 3.63) is 40.8 Å². The van der Waals surface area contributed by atoms with Crippen molar-refractivity contribution in [2.75, 3.05) is 18.9 Å². The van der Waals surface area contributed by atoms with Crippen molar-refractivity contribution < 1.29 is 19.1 Å². The molecule has 0 unspecified atom stereocenters. The number of rotatable bonds is 4. The second kappa shape index (κ2) is 5.14. The molecule has 19 heavy (non-hydrogen) atoms. The molecule has 0 radical (unpaired) electrons. The Labute approximate surface area is 111 Å². The van der Waals surface area contributed by atoms with E-state index in [1.54, 1.807) is 19.9 Å². The topological polar surface area (TPSA) is 78.6 Å². The summed E-state index contributed by atoms with van der Waals surface area (Å²) in [5, 5.41) is 0. The Morgan fingerprint density at radius 2 is 1.47 bits per heavy atom. The predicted molar refractivity (Wildman–Crippen MR) is 69.8 cm³/mol. The highest BCUT2D eigenvalue weighted by molar-refractivity contribution is 6.25. The molecule has 1 aliphatic carbocycles. The van der Waals surface area contributed by atoms with Crippen molar-refractivity contribution in [1.82, 2.24) is 0 Å². The molecule has 1 aromatic carbocycles. The van der Waals surface area contributed by atoms with Gasteiger partial charge in [0.25, 0.3) is 0 Å². The fraction of sp³-hybridized carbons (Fsp3) is 0.286. The first-order chi connectivity index (χ1) is 9.10. The van der Waals surface area contributed by atoms with Gasteiger partial charge in [0.05, 0.1) is 13.2 Å². The molecule has 0 saturated carbocycles. The summed E-state index contributed by atoms with van der Waals surface area (Å²) >= 11 is 0. The molecule has 0 saturated heterocycles. The summed E-state index contributed by atoms with van der Waals surface area (Å²) in [6.07, 6.45) is 0. The molecule has 1 aromatic rings. The molecule has 5 nitrogen and oxygen atoms in total. The molecule has 0 aliphatic heterocycles. The Bertz CT molecular complexity index is 575. The third-order valence-corrected chi connectivity index (χ3v) is 2.73. The van der Waals surface area contributed by atoms with Gasteiger partial charge in [0.1, 0.15) is 0 Å². The first kappa shape index (κ1) is 13.1. The molecule has 0 heterocycles. The van der Waals surface area contributed by atoms with Crippen LogP contribution in [0.15, 0.2) is 29.7 Å². The van der Waals surface area contributed by atoms with E-state index < -0.39 is 0 Å². The number of allylic oxidation sites excluding steroid dienone is 2. The van der Waals surface area contributed by atoms with Crippen molar-refractivity contribution in [2.24, 2.45) is 0 Å². The zero-order chi connectivity index (χ0) is 14.0. The lowest BCUT2D eigenvalue weighted by molar-refractivity contribution is 0.0772. The van der Waals surface area contributed by atoms with Crippen molar-refractivity contribution in [3.8, 4) is 0 Å². The van der Waals surface area contributed by atoms with Crippen LogP contribution in [0.5, 0.6) is 0 Å². The van der Waals surface area contributed by atoms with Gasteiger partial charge in [-0.2, -0.15) is 0 Å². The predicted octanol–water partition coefficient (Wildman–Crippen LogP) is 1.93. The van der Waals surface area contributed by atoms with E-state index in [0.717, 1.165) is 0 Å². The van der Waals surface area contributed by atoms with Crippen molar-refractivity contribution in [1.29, 1.82) is 0 Å². The van der Waals surface area contributed by atoms with Crippen molar-refractivity contribution in [3.63, 3.8) is 0 Å². The maximum absolute atomic E-state index is 12.3. The van der Waals surface area contributed by atoms with Crippen LogP contribution in [-0.2, 0) is 9.47 Å². The van der Waals surface area contributed by atoms with Gasteiger partial charge in [-0.15, -0.1) is 0 Å². The van der Waals surface area contributed by atoms with Crippen LogP contribution in [-0.4, -0.2) is 24.8 Å². The first-order valence-electron chi connectivity index (χ1n) is 6.08. The number of hydrogen-bond donors (Lipinski definition) is 1. The minimum Gasteiger partial charge on any atom is -0.486 e. The maximum atomic E-state index is 12.3. The van der Waals surface area contributed by atoms with E-state index in [-0.39, 0.29) is 41.9 Å². The zero-order valence-electron chi connectivity index (χ0n) is 10.9. The summed E-state index contributed by atoms with van der Waals surface area (Å²) < 4.78 is 10.5. The zero-order valence-corrected chi connectivity index (χ0v) is 10.9. The summed E-state index contributed by atoms with van der Waals surface area (Å²) in [5.74, 6) is -0.772. The molecule has 2 N–H and O–H groups in total. The number of carbonyl (C=O) groups excluding carboxylic acids is 2. The van der Waals surface area contributed by atoms with E-state index in [9.17, 15) is 9.59 Å². The molecule has 0 fully saturated rings. The van der Waals surface area contributed by atoms with E-state index >= 15 is 0 Å². The highest BCUT2D eigenvalue weighted by Crippen LogP contribution is 2.29. The van der Waals surface area contributed by atoms with E-state index in [1.165, 1.54) is 12.1 Å². The van der Waals surface area contributed by atoms with Gasteiger partial charge in [0.2, 0.25) is 23.1 Å². The highest BCUT2D eigenvalue weighted by atomic mass is 16.5. The van der Waals surface area contributed by atoms with Crippen molar-refractivity contribution in [2.45, 2.75) is 13.8 Å². The summed E-state index contributed by atoms with van der Waals surface area (Å²) in [7, 11) is 0. The van der Waals surface area contributed by atoms with Crippen LogP contribution >= 0.6 is 0 Å². The van der Waals surface area contributed by atoms with Gasteiger partial charge < -0.3 is 15.2 Å². The van der Waals surface area contributed by atoms with Crippen LogP contribution in [0.3, 0.4) is 0 Å². The fourth-order valence-corrected chi connectivity index (χ4v) is 1.95. The largest absolute Gasteiger partial charge is 0.486 e. The molecule has 0 aromatic heterocycles. The standard InChI is InChI=1S/C14H15NO4/c1-3-18-13-11(16)9-6-5-8(15)7-10(9)12(17)14(13)19-4-2/h5-7H,3-4,15H2,1-2H3. The molecule has 100 valence electrons. The lowest BCUT2D eigenvalue weighted by Crippen LogP contribution is -2.25. The van der Waals surface area contributed by atoms with Crippen LogP contribution < -0.4 is 5.73 Å². The SMILES string of the molecule is CCOC1=C(OCC)C(=O)c2cc(N)ccc2C1=O. The fourth-order valence-electron chi connectivity index (χ4n) is 1.95. The average Bonchev–Trinajstić information content (AvgIpc) is 2.40. The minimum absolute atomic E-state index is 0.0216. The molecule has 0 bridgehead atoms. The summed E-state index contributed by atoms with van der Waals surface area (Å²) in [5.41, 5.74) is 6.64. The Morgan fingerprint density at radius 1 is 0.947 bits per heavy atom. The monoisotopic (exact) mass is 261 g/mol. The van der Waals surface area contributed by atoms with E-state index in [1.807, 2.05) is 0 Å². The Kier molecular flexibility index (Phi) is 3.55. The van der Waals surface area contributed by atoms with Crippen LogP contribution in [0, 0.1) is 0 Å². The van der Waals surface area contributed by atoms with E-state index in [2.05, 4.69) is 0 Å². The average molecular weight is 261 g/mol. The number of carbonyl (C=O) groups is 2. The summed E-state index contributed by atoms with van der Waals surface area (Å²) in [6, 6.07) is 4.60. The lowest BCUT2D eigenvalue weighted by Gasteiger charge is -2.20.